The van der Waals surface area contributed by atoms with E-state index >= 15 is 0 Å². The Morgan fingerprint density at radius 3 is 2.63 bits per heavy atom. The number of rotatable bonds is 8. The highest BCUT2D eigenvalue weighted by molar-refractivity contribution is 6.05. The highest BCUT2D eigenvalue weighted by Gasteiger charge is 2.16. The first-order valence-electron chi connectivity index (χ1n) is 9.57. The molecule has 3 rings (SSSR count). The van der Waals surface area contributed by atoms with E-state index in [9.17, 15) is 4.79 Å². The molecule has 1 aromatic heterocycles. The number of hydrogen-bond acceptors (Lipinski definition) is 6. The zero-order valence-corrected chi connectivity index (χ0v) is 15.8. The van der Waals surface area contributed by atoms with E-state index in [-0.39, 0.29) is 5.91 Å². The lowest BCUT2D eigenvalue weighted by Crippen LogP contribution is -2.36. The number of ether oxygens (including phenoxy) is 1. The van der Waals surface area contributed by atoms with Crippen LogP contribution in [-0.4, -0.2) is 48.7 Å². The van der Waals surface area contributed by atoms with Crippen LogP contribution in [0, 0.1) is 0 Å². The second-order valence-corrected chi connectivity index (χ2v) is 6.50. The molecule has 1 fully saturated rings. The lowest BCUT2D eigenvalue weighted by atomic mass is 10.2. The number of hydrogen-bond donors (Lipinski definition) is 2. The topological polar surface area (TPSA) is 79.4 Å². The Morgan fingerprint density at radius 1 is 1.15 bits per heavy atom. The number of unbranched alkanes of at least 4 members (excludes halogenated alkanes) is 2. The Balaban J connectivity index is 1.62. The van der Waals surface area contributed by atoms with Gasteiger partial charge in [-0.2, -0.15) is 0 Å². The standard InChI is InChI=1S/C20H27N5O2/c1-2-3-6-9-21-20-22-14-16(15-23-20)19(26)24-17-7-4-5-8-18(17)25-10-12-27-13-11-25/h4-5,7-8,14-15H,2-3,6,9-13H2,1H3,(H,24,26)(H,21,22,23). The van der Waals surface area contributed by atoms with Gasteiger partial charge in [0.05, 0.1) is 30.2 Å². The largest absolute Gasteiger partial charge is 0.378 e. The van der Waals surface area contributed by atoms with Crippen molar-refractivity contribution in [1.82, 2.24) is 9.97 Å². The molecule has 0 atom stereocenters. The smallest absolute Gasteiger partial charge is 0.258 e. The molecular formula is C20H27N5O2. The zero-order valence-electron chi connectivity index (χ0n) is 15.8. The van der Waals surface area contributed by atoms with Gasteiger partial charge < -0.3 is 20.3 Å². The molecule has 7 nitrogen and oxygen atoms in total. The Labute approximate surface area is 160 Å². The van der Waals surface area contributed by atoms with Crippen LogP contribution in [0.15, 0.2) is 36.7 Å². The molecule has 1 amide bonds. The summed E-state index contributed by atoms with van der Waals surface area (Å²) in [6, 6.07) is 7.82. The van der Waals surface area contributed by atoms with Gasteiger partial charge in [-0.1, -0.05) is 31.9 Å². The fraction of sp³-hybridized carbons (Fsp3) is 0.450. The maximum atomic E-state index is 12.6. The van der Waals surface area contributed by atoms with Gasteiger partial charge in [0.25, 0.3) is 5.91 Å². The first-order valence-corrected chi connectivity index (χ1v) is 9.57. The van der Waals surface area contributed by atoms with Crippen molar-refractivity contribution in [3.8, 4) is 0 Å². The van der Waals surface area contributed by atoms with E-state index in [2.05, 4.69) is 32.4 Å². The van der Waals surface area contributed by atoms with Crippen LogP contribution in [-0.2, 0) is 4.74 Å². The van der Waals surface area contributed by atoms with E-state index in [1.54, 1.807) is 12.4 Å². The third-order valence-corrected chi connectivity index (χ3v) is 4.48. The third kappa shape index (κ3) is 5.40. The Bertz CT molecular complexity index is 729. The number of nitrogens with zero attached hydrogens (tertiary/aromatic N) is 3. The second kappa shape index (κ2) is 9.87. The predicted octanol–water partition coefficient (Wildman–Crippen LogP) is 3.17. The summed E-state index contributed by atoms with van der Waals surface area (Å²) in [6.45, 7) is 6.03. The van der Waals surface area contributed by atoms with Crippen molar-refractivity contribution in [2.45, 2.75) is 26.2 Å². The van der Waals surface area contributed by atoms with Gasteiger partial charge in [0, 0.05) is 32.0 Å². The van der Waals surface area contributed by atoms with E-state index in [4.69, 9.17) is 4.74 Å². The number of aromatic nitrogens is 2. The first kappa shape index (κ1) is 19.1. The van der Waals surface area contributed by atoms with Crippen LogP contribution >= 0.6 is 0 Å². The monoisotopic (exact) mass is 369 g/mol. The zero-order chi connectivity index (χ0) is 18.9. The van der Waals surface area contributed by atoms with Crippen molar-refractivity contribution in [2.75, 3.05) is 48.4 Å². The number of carbonyl (C=O) groups is 1. The van der Waals surface area contributed by atoms with Gasteiger partial charge in [-0.05, 0) is 18.6 Å². The van der Waals surface area contributed by atoms with Crippen molar-refractivity contribution in [3.05, 3.63) is 42.2 Å². The van der Waals surface area contributed by atoms with Crippen molar-refractivity contribution < 1.29 is 9.53 Å². The molecule has 7 heteroatoms. The molecule has 2 heterocycles. The van der Waals surface area contributed by atoms with Crippen LogP contribution in [0.3, 0.4) is 0 Å². The predicted molar refractivity (Wildman–Crippen MR) is 107 cm³/mol. The number of para-hydroxylation sites is 2. The number of anilines is 3. The number of nitrogens with one attached hydrogen (secondary N) is 2. The molecule has 27 heavy (non-hydrogen) atoms. The molecule has 0 spiro atoms. The lowest BCUT2D eigenvalue weighted by Gasteiger charge is -2.30. The van der Waals surface area contributed by atoms with Crippen molar-refractivity contribution in [3.63, 3.8) is 0 Å². The van der Waals surface area contributed by atoms with Gasteiger partial charge in [-0.15, -0.1) is 0 Å². The van der Waals surface area contributed by atoms with E-state index < -0.39 is 0 Å². The molecule has 1 aliphatic heterocycles. The molecule has 0 bridgehead atoms. The fourth-order valence-corrected chi connectivity index (χ4v) is 2.97. The summed E-state index contributed by atoms with van der Waals surface area (Å²) in [5.74, 6) is 0.338. The number of amides is 1. The Morgan fingerprint density at radius 2 is 1.89 bits per heavy atom. The van der Waals surface area contributed by atoms with Crippen LogP contribution in [0.2, 0.25) is 0 Å². The highest BCUT2D eigenvalue weighted by Crippen LogP contribution is 2.26. The van der Waals surface area contributed by atoms with Gasteiger partial charge in [-0.3, -0.25) is 4.79 Å². The van der Waals surface area contributed by atoms with E-state index in [1.165, 1.54) is 12.8 Å². The van der Waals surface area contributed by atoms with E-state index in [0.29, 0.717) is 24.7 Å². The van der Waals surface area contributed by atoms with Crippen molar-refractivity contribution >= 4 is 23.2 Å². The minimum atomic E-state index is -0.215. The average Bonchev–Trinajstić information content (AvgIpc) is 2.73. The van der Waals surface area contributed by atoms with Crippen LogP contribution in [0.1, 0.15) is 36.5 Å². The van der Waals surface area contributed by atoms with Crippen LogP contribution in [0.4, 0.5) is 17.3 Å². The van der Waals surface area contributed by atoms with Gasteiger partial charge >= 0.3 is 0 Å². The van der Waals surface area contributed by atoms with E-state index in [1.807, 2.05) is 24.3 Å². The molecule has 144 valence electrons. The first-order chi connectivity index (χ1) is 13.3. The molecule has 1 saturated heterocycles. The van der Waals surface area contributed by atoms with Crippen molar-refractivity contribution in [1.29, 1.82) is 0 Å². The minimum Gasteiger partial charge on any atom is -0.378 e. The molecule has 1 aromatic carbocycles. The number of morpholine rings is 1. The SMILES string of the molecule is CCCCCNc1ncc(C(=O)Nc2ccccc2N2CCOCC2)cn1. The second-order valence-electron chi connectivity index (χ2n) is 6.50. The fourth-order valence-electron chi connectivity index (χ4n) is 2.97. The average molecular weight is 369 g/mol. The molecule has 0 radical (unpaired) electrons. The lowest BCUT2D eigenvalue weighted by molar-refractivity contribution is 0.102. The summed E-state index contributed by atoms with van der Waals surface area (Å²) >= 11 is 0. The summed E-state index contributed by atoms with van der Waals surface area (Å²) in [5, 5.41) is 6.16. The molecule has 1 aliphatic rings. The third-order valence-electron chi connectivity index (χ3n) is 4.48. The van der Waals surface area contributed by atoms with Crippen LogP contribution < -0.4 is 15.5 Å². The molecule has 2 N–H and O–H groups in total. The minimum absolute atomic E-state index is 0.215. The van der Waals surface area contributed by atoms with E-state index in [0.717, 1.165) is 37.4 Å². The highest BCUT2D eigenvalue weighted by atomic mass is 16.5. The normalized spacial score (nSPS) is 14.0. The van der Waals surface area contributed by atoms with Crippen LogP contribution in [0.5, 0.6) is 0 Å². The van der Waals surface area contributed by atoms with Crippen molar-refractivity contribution in [2.24, 2.45) is 0 Å². The number of carbonyl (C=O) groups excluding carboxylic acids is 1. The maximum Gasteiger partial charge on any atom is 0.258 e. The van der Waals surface area contributed by atoms with Gasteiger partial charge in [-0.25, -0.2) is 9.97 Å². The quantitative estimate of drug-likeness (QED) is 0.696. The van der Waals surface area contributed by atoms with Gasteiger partial charge in [0.15, 0.2) is 0 Å². The summed E-state index contributed by atoms with van der Waals surface area (Å²) < 4.78 is 5.41. The molecule has 0 aliphatic carbocycles. The van der Waals surface area contributed by atoms with Crippen LogP contribution in [0.25, 0.3) is 0 Å². The molecular weight excluding hydrogens is 342 g/mol. The molecule has 0 unspecified atom stereocenters. The Kier molecular flexibility index (Phi) is 6.98. The Hall–Kier alpha value is -2.67. The van der Waals surface area contributed by atoms with Gasteiger partial charge in [0.2, 0.25) is 5.95 Å². The summed E-state index contributed by atoms with van der Waals surface area (Å²) in [7, 11) is 0. The van der Waals surface area contributed by atoms with Gasteiger partial charge in [0.1, 0.15) is 0 Å². The summed E-state index contributed by atoms with van der Waals surface area (Å²) in [6.07, 6.45) is 6.55. The molecule has 2 aromatic rings. The maximum absolute atomic E-state index is 12.6. The summed E-state index contributed by atoms with van der Waals surface area (Å²) in [5.41, 5.74) is 2.22. The number of benzene rings is 1. The summed E-state index contributed by atoms with van der Waals surface area (Å²) in [4.78, 5) is 23.3. The molecule has 0 saturated carbocycles.